The highest BCUT2D eigenvalue weighted by molar-refractivity contribution is 7.13. The molecule has 2 heterocycles. The maximum absolute atomic E-state index is 12.8. The molecule has 0 aliphatic carbocycles. The molecule has 100 valence electrons. The Morgan fingerprint density at radius 1 is 1.30 bits per heavy atom. The molecule has 0 saturated heterocycles. The number of rotatable bonds is 3. The van der Waals surface area contributed by atoms with Crippen molar-refractivity contribution in [1.29, 1.82) is 0 Å². The predicted octanol–water partition coefficient (Wildman–Crippen LogP) is 2.92. The quantitative estimate of drug-likeness (QED) is 0.778. The number of hydrogen-bond donors (Lipinski definition) is 2. The van der Waals surface area contributed by atoms with Gasteiger partial charge in [0.25, 0.3) is 5.91 Å². The molecule has 1 amide bonds. The van der Waals surface area contributed by atoms with Gasteiger partial charge in [-0.25, -0.2) is 9.37 Å². The molecule has 0 saturated carbocycles. The lowest BCUT2D eigenvalue weighted by Crippen LogP contribution is -2.11. The molecule has 0 spiro atoms. The molecule has 0 bridgehead atoms. The number of aromatic amines is 1. The Bertz CT molecular complexity index is 721. The van der Waals surface area contributed by atoms with Gasteiger partial charge in [0, 0.05) is 17.1 Å². The van der Waals surface area contributed by atoms with Gasteiger partial charge in [-0.1, -0.05) is 0 Å². The van der Waals surface area contributed by atoms with Crippen LogP contribution >= 0.6 is 11.3 Å². The second-order valence-corrected chi connectivity index (χ2v) is 4.86. The first-order chi connectivity index (χ1) is 9.72. The van der Waals surface area contributed by atoms with Gasteiger partial charge in [0.1, 0.15) is 11.5 Å². The van der Waals surface area contributed by atoms with Gasteiger partial charge in [-0.15, -0.1) is 11.3 Å². The molecule has 0 unspecified atom stereocenters. The molecule has 0 radical (unpaired) electrons. The van der Waals surface area contributed by atoms with Gasteiger partial charge in [0.05, 0.1) is 5.69 Å². The Balaban J connectivity index is 1.79. The van der Waals surface area contributed by atoms with Gasteiger partial charge in [-0.2, -0.15) is 5.10 Å². The molecule has 0 aliphatic heterocycles. The average molecular weight is 288 g/mol. The van der Waals surface area contributed by atoms with Gasteiger partial charge >= 0.3 is 0 Å². The SMILES string of the molecule is O=C(Nc1nccs1)c1cc(-c2ccc(F)cc2)n[nH]1. The number of hydrogen-bond acceptors (Lipinski definition) is 4. The van der Waals surface area contributed by atoms with Crippen LogP contribution in [0, 0.1) is 5.82 Å². The van der Waals surface area contributed by atoms with Crippen molar-refractivity contribution in [3.63, 3.8) is 0 Å². The predicted molar refractivity (Wildman–Crippen MR) is 74.0 cm³/mol. The molecule has 20 heavy (non-hydrogen) atoms. The third-order valence-corrected chi connectivity index (χ3v) is 3.30. The molecule has 0 fully saturated rings. The summed E-state index contributed by atoms with van der Waals surface area (Å²) in [6, 6.07) is 7.51. The zero-order chi connectivity index (χ0) is 13.9. The highest BCUT2D eigenvalue weighted by atomic mass is 32.1. The van der Waals surface area contributed by atoms with Crippen LogP contribution in [-0.4, -0.2) is 21.1 Å². The van der Waals surface area contributed by atoms with Crippen molar-refractivity contribution in [2.24, 2.45) is 0 Å². The van der Waals surface area contributed by atoms with Crippen LogP contribution in [0.1, 0.15) is 10.5 Å². The van der Waals surface area contributed by atoms with Gasteiger partial charge in [0.15, 0.2) is 5.13 Å². The van der Waals surface area contributed by atoms with Crippen molar-refractivity contribution in [2.45, 2.75) is 0 Å². The Morgan fingerprint density at radius 2 is 2.10 bits per heavy atom. The minimum atomic E-state index is -0.319. The fourth-order valence-corrected chi connectivity index (χ4v) is 2.18. The lowest BCUT2D eigenvalue weighted by atomic mass is 10.1. The van der Waals surface area contributed by atoms with Crippen LogP contribution in [0.2, 0.25) is 0 Å². The number of amides is 1. The van der Waals surface area contributed by atoms with E-state index in [-0.39, 0.29) is 11.7 Å². The van der Waals surface area contributed by atoms with E-state index >= 15 is 0 Å². The van der Waals surface area contributed by atoms with E-state index in [1.165, 1.54) is 23.5 Å². The molecular weight excluding hydrogens is 279 g/mol. The Kier molecular flexibility index (Phi) is 3.26. The maximum Gasteiger partial charge on any atom is 0.275 e. The number of carbonyl (C=O) groups excluding carboxylic acids is 1. The summed E-state index contributed by atoms with van der Waals surface area (Å²) >= 11 is 1.33. The van der Waals surface area contributed by atoms with E-state index in [1.54, 1.807) is 29.8 Å². The van der Waals surface area contributed by atoms with E-state index in [0.29, 0.717) is 16.5 Å². The summed E-state index contributed by atoms with van der Waals surface area (Å²) in [6.45, 7) is 0. The van der Waals surface area contributed by atoms with E-state index in [1.807, 2.05) is 0 Å². The second-order valence-electron chi connectivity index (χ2n) is 3.97. The Hall–Kier alpha value is -2.54. The van der Waals surface area contributed by atoms with Crippen LogP contribution in [0.15, 0.2) is 41.9 Å². The number of carbonyl (C=O) groups is 1. The van der Waals surface area contributed by atoms with Crippen LogP contribution < -0.4 is 5.32 Å². The first kappa shape index (κ1) is 12.5. The van der Waals surface area contributed by atoms with Crippen LogP contribution in [0.3, 0.4) is 0 Å². The number of H-pyrrole nitrogens is 1. The van der Waals surface area contributed by atoms with Crippen molar-refractivity contribution in [3.05, 3.63) is 53.4 Å². The van der Waals surface area contributed by atoms with Crippen LogP contribution in [0.4, 0.5) is 9.52 Å². The average Bonchev–Trinajstić information content (AvgIpc) is 3.10. The zero-order valence-corrected chi connectivity index (χ0v) is 10.9. The molecule has 0 atom stereocenters. The fourth-order valence-electron chi connectivity index (χ4n) is 1.66. The summed E-state index contributed by atoms with van der Waals surface area (Å²) in [5, 5.41) is 11.6. The minimum absolute atomic E-state index is 0.314. The minimum Gasteiger partial charge on any atom is -0.297 e. The van der Waals surface area contributed by atoms with Crippen LogP contribution in [-0.2, 0) is 0 Å². The number of nitrogens with zero attached hydrogens (tertiary/aromatic N) is 2. The largest absolute Gasteiger partial charge is 0.297 e. The summed E-state index contributed by atoms with van der Waals surface area (Å²) in [4.78, 5) is 15.9. The number of aromatic nitrogens is 3. The van der Waals surface area contributed by atoms with E-state index < -0.39 is 0 Å². The molecule has 5 nitrogen and oxygen atoms in total. The van der Waals surface area contributed by atoms with Gasteiger partial charge in [-0.3, -0.25) is 15.2 Å². The number of nitrogens with one attached hydrogen (secondary N) is 2. The van der Waals surface area contributed by atoms with E-state index in [4.69, 9.17) is 0 Å². The van der Waals surface area contributed by atoms with E-state index in [2.05, 4.69) is 20.5 Å². The van der Waals surface area contributed by atoms with Crippen molar-refractivity contribution in [2.75, 3.05) is 5.32 Å². The van der Waals surface area contributed by atoms with Crippen molar-refractivity contribution < 1.29 is 9.18 Å². The van der Waals surface area contributed by atoms with E-state index in [9.17, 15) is 9.18 Å². The zero-order valence-electron chi connectivity index (χ0n) is 10.1. The first-order valence-electron chi connectivity index (χ1n) is 5.74. The smallest absolute Gasteiger partial charge is 0.275 e. The van der Waals surface area contributed by atoms with Gasteiger partial charge < -0.3 is 0 Å². The molecule has 3 aromatic rings. The molecular formula is C13H9FN4OS. The van der Waals surface area contributed by atoms with Crippen LogP contribution in [0.5, 0.6) is 0 Å². The molecule has 7 heteroatoms. The standard InChI is InChI=1S/C13H9FN4OS/c14-9-3-1-8(2-4-9)10-7-11(18-17-10)12(19)16-13-15-5-6-20-13/h1-7H,(H,17,18)(H,15,16,19). The molecule has 3 rings (SSSR count). The second kappa shape index (κ2) is 5.22. The van der Waals surface area contributed by atoms with Crippen LogP contribution in [0.25, 0.3) is 11.3 Å². The third kappa shape index (κ3) is 2.57. The lowest BCUT2D eigenvalue weighted by molar-refractivity contribution is 0.102. The summed E-state index contributed by atoms with van der Waals surface area (Å²) in [5.41, 5.74) is 1.63. The Labute approximate surface area is 117 Å². The normalized spacial score (nSPS) is 10.4. The summed E-state index contributed by atoms with van der Waals surface area (Å²) in [5.74, 6) is -0.633. The fraction of sp³-hybridized carbons (Fsp3) is 0. The lowest BCUT2D eigenvalue weighted by Gasteiger charge is -1.97. The highest BCUT2D eigenvalue weighted by Gasteiger charge is 2.12. The first-order valence-corrected chi connectivity index (χ1v) is 6.62. The number of benzene rings is 1. The maximum atomic E-state index is 12.8. The summed E-state index contributed by atoms with van der Waals surface area (Å²) in [7, 11) is 0. The monoisotopic (exact) mass is 288 g/mol. The van der Waals surface area contributed by atoms with Crippen molar-refractivity contribution >= 4 is 22.4 Å². The van der Waals surface area contributed by atoms with Crippen molar-refractivity contribution in [1.82, 2.24) is 15.2 Å². The number of anilines is 1. The summed E-state index contributed by atoms with van der Waals surface area (Å²) < 4.78 is 12.8. The van der Waals surface area contributed by atoms with Crippen molar-refractivity contribution in [3.8, 4) is 11.3 Å². The number of thiazole rings is 1. The van der Waals surface area contributed by atoms with Gasteiger partial charge in [0.2, 0.25) is 0 Å². The Morgan fingerprint density at radius 3 is 2.80 bits per heavy atom. The number of halogens is 1. The third-order valence-electron chi connectivity index (χ3n) is 2.62. The highest BCUT2D eigenvalue weighted by Crippen LogP contribution is 2.19. The molecule has 2 N–H and O–H groups in total. The van der Waals surface area contributed by atoms with Gasteiger partial charge in [-0.05, 0) is 30.3 Å². The molecule has 1 aromatic carbocycles. The van der Waals surface area contributed by atoms with E-state index in [0.717, 1.165) is 5.56 Å². The molecule has 0 aliphatic rings. The molecule has 2 aromatic heterocycles. The summed E-state index contributed by atoms with van der Waals surface area (Å²) in [6.07, 6.45) is 1.61. The topological polar surface area (TPSA) is 70.7 Å².